The average molecular weight is 322 g/mol. The lowest BCUT2D eigenvalue weighted by atomic mass is 9.99. The van der Waals surface area contributed by atoms with Crippen molar-refractivity contribution in [2.24, 2.45) is 0 Å². The van der Waals surface area contributed by atoms with E-state index in [0.29, 0.717) is 5.75 Å². The third-order valence-corrected chi connectivity index (χ3v) is 3.90. The molecule has 7 heteroatoms. The molecular weight excluding hydrogens is 304 g/mol. The second kappa shape index (κ2) is 6.31. The molecule has 1 saturated heterocycles. The standard InChI is InChI=1S/C16H18O7/c17-7-12-13(19)14(20)15(21)16(23-12)22-11-4-2-8-5-10(18)3-1-9(8)6-11/h1-6,12-21H,7H2/t12?,13-,14?,15?,16-/m1/s1. The van der Waals surface area contributed by atoms with E-state index in [9.17, 15) is 20.4 Å². The van der Waals surface area contributed by atoms with Crippen molar-refractivity contribution >= 4 is 10.8 Å². The SMILES string of the molecule is OCC1O[C@@H](Oc2ccc3cc(O)ccc3c2)C(O)C(O)[C@@H]1O. The number of aliphatic hydroxyl groups excluding tert-OH is 4. The van der Waals surface area contributed by atoms with Gasteiger partial charge in [-0.25, -0.2) is 0 Å². The van der Waals surface area contributed by atoms with Crippen LogP contribution in [-0.4, -0.2) is 62.8 Å². The minimum absolute atomic E-state index is 0.153. The van der Waals surface area contributed by atoms with Gasteiger partial charge in [0, 0.05) is 0 Å². The Morgan fingerprint density at radius 2 is 1.61 bits per heavy atom. The molecule has 1 aliphatic heterocycles. The lowest BCUT2D eigenvalue weighted by Gasteiger charge is -2.39. The molecule has 1 fully saturated rings. The van der Waals surface area contributed by atoms with E-state index in [-0.39, 0.29) is 5.75 Å². The normalized spacial score (nSPS) is 31.2. The summed E-state index contributed by atoms with van der Waals surface area (Å²) in [4.78, 5) is 0. The minimum Gasteiger partial charge on any atom is -0.508 e. The maximum atomic E-state index is 9.96. The molecule has 5 N–H and O–H groups in total. The van der Waals surface area contributed by atoms with Gasteiger partial charge in [-0.2, -0.15) is 0 Å². The van der Waals surface area contributed by atoms with E-state index in [0.717, 1.165) is 10.8 Å². The van der Waals surface area contributed by atoms with Gasteiger partial charge in [-0.05, 0) is 35.0 Å². The van der Waals surface area contributed by atoms with E-state index in [1.54, 1.807) is 36.4 Å². The van der Waals surface area contributed by atoms with Gasteiger partial charge in [0.15, 0.2) is 0 Å². The lowest BCUT2D eigenvalue weighted by Crippen LogP contribution is -2.60. The molecule has 0 bridgehead atoms. The van der Waals surface area contributed by atoms with Crippen LogP contribution in [0.25, 0.3) is 10.8 Å². The third kappa shape index (κ3) is 3.10. The molecule has 0 aliphatic carbocycles. The fraction of sp³-hybridized carbons (Fsp3) is 0.375. The molecule has 124 valence electrons. The minimum atomic E-state index is -1.48. The van der Waals surface area contributed by atoms with Crippen LogP contribution in [0.15, 0.2) is 36.4 Å². The maximum Gasteiger partial charge on any atom is 0.229 e. The summed E-state index contributed by atoms with van der Waals surface area (Å²) in [5.41, 5.74) is 0. The van der Waals surface area contributed by atoms with Crippen molar-refractivity contribution in [2.75, 3.05) is 6.61 Å². The number of benzene rings is 2. The Hall–Kier alpha value is -1.90. The summed E-state index contributed by atoms with van der Waals surface area (Å²) in [5, 5.41) is 49.7. The van der Waals surface area contributed by atoms with Crippen LogP contribution in [0.5, 0.6) is 11.5 Å². The molecule has 2 aromatic carbocycles. The summed E-state index contributed by atoms with van der Waals surface area (Å²) in [7, 11) is 0. The van der Waals surface area contributed by atoms with Crippen LogP contribution in [0.1, 0.15) is 0 Å². The van der Waals surface area contributed by atoms with Crippen LogP contribution in [-0.2, 0) is 4.74 Å². The van der Waals surface area contributed by atoms with Crippen LogP contribution >= 0.6 is 0 Å². The van der Waals surface area contributed by atoms with Crippen molar-refractivity contribution in [2.45, 2.75) is 30.7 Å². The van der Waals surface area contributed by atoms with Gasteiger partial charge in [0.2, 0.25) is 6.29 Å². The molecule has 7 nitrogen and oxygen atoms in total. The highest BCUT2D eigenvalue weighted by molar-refractivity contribution is 5.85. The molecule has 3 rings (SSSR count). The summed E-state index contributed by atoms with van der Waals surface area (Å²) in [5.74, 6) is 0.535. The van der Waals surface area contributed by atoms with E-state index in [1.807, 2.05) is 0 Å². The Labute approximate surface area is 131 Å². The van der Waals surface area contributed by atoms with Gasteiger partial charge in [-0.1, -0.05) is 12.1 Å². The van der Waals surface area contributed by atoms with Gasteiger partial charge in [0.1, 0.15) is 35.9 Å². The molecule has 3 unspecified atom stereocenters. The fourth-order valence-electron chi connectivity index (χ4n) is 2.58. The molecule has 0 saturated carbocycles. The van der Waals surface area contributed by atoms with Crippen LogP contribution in [0, 0.1) is 0 Å². The highest BCUT2D eigenvalue weighted by Gasteiger charge is 2.44. The molecule has 2 aromatic rings. The molecule has 5 atom stereocenters. The molecule has 1 aliphatic rings. The third-order valence-electron chi connectivity index (χ3n) is 3.90. The zero-order chi connectivity index (χ0) is 16.6. The molecule has 0 aromatic heterocycles. The summed E-state index contributed by atoms with van der Waals surface area (Å²) < 4.78 is 10.8. The van der Waals surface area contributed by atoms with E-state index < -0.39 is 37.3 Å². The quantitative estimate of drug-likeness (QED) is 0.527. The molecule has 23 heavy (non-hydrogen) atoms. The molecular formula is C16H18O7. The Morgan fingerprint density at radius 1 is 0.913 bits per heavy atom. The van der Waals surface area contributed by atoms with Crippen molar-refractivity contribution in [3.05, 3.63) is 36.4 Å². The van der Waals surface area contributed by atoms with E-state index in [4.69, 9.17) is 14.6 Å². The van der Waals surface area contributed by atoms with Crippen molar-refractivity contribution in [3.8, 4) is 11.5 Å². The van der Waals surface area contributed by atoms with E-state index >= 15 is 0 Å². The first-order valence-corrected chi connectivity index (χ1v) is 7.19. The average Bonchev–Trinajstić information content (AvgIpc) is 2.55. The first-order valence-electron chi connectivity index (χ1n) is 7.19. The molecule has 0 amide bonds. The van der Waals surface area contributed by atoms with Crippen molar-refractivity contribution in [3.63, 3.8) is 0 Å². The van der Waals surface area contributed by atoms with Crippen molar-refractivity contribution in [1.82, 2.24) is 0 Å². The second-order valence-electron chi connectivity index (χ2n) is 5.51. The van der Waals surface area contributed by atoms with Crippen molar-refractivity contribution < 1.29 is 35.0 Å². The fourth-order valence-corrected chi connectivity index (χ4v) is 2.58. The Kier molecular flexibility index (Phi) is 4.38. The smallest absolute Gasteiger partial charge is 0.229 e. The van der Waals surface area contributed by atoms with Gasteiger partial charge in [0.25, 0.3) is 0 Å². The van der Waals surface area contributed by atoms with Crippen LogP contribution in [0.2, 0.25) is 0 Å². The number of rotatable bonds is 3. The number of aromatic hydroxyl groups is 1. The monoisotopic (exact) mass is 322 g/mol. The van der Waals surface area contributed by atoms with Gasteiger partial charge in [-0.3, -0.25) is 0 Å². The number of fused-ring (bicyclic) bond motifs is 1. The predicted molar refractivity (Wildman–Crippen MR) is 80.0 cm³/mol. The number of hydrogen-bond acceptors (Lipinski definition) is 7. The Bertz CT molecular complexity index is 687. The van der Waals surface area contributed by atoms with Gasteiger partial charge < -0.3 is 35.0 Å². The summed E-state index contributed by atoms with van der Waals surface area (Å²) in [6.45, 7) is -0.512. The Balaban J connectivity index is 1.81. The predicted octanol–water partition coefficient (Wildman–Crippen LogP) is -0.276. The van der Waals surface area contributed by atoms with E-state index in [2.05, 4.69) is 0 Å². The highest BCUT2D eigenvalue weighted by atomic mass is 16.7. The summed E-state index contributed by atoms with van der Waals surface area (Å²) in [6.07, 6.45) is -6.60. The van der Waals surface area contributed by atoms with Crippen LogP contribution in [0.3, 0.4) is 0 Å². The van der Waals surface area contributed by atoms with Gasteiger partial charge >= 0.3 is 0 Å². The molecule has 0 spiro atoms. The number of hydrogen-bond donors (Lipinski definition) is 5. The topological polar surface area (TPSA) is 120 Å². The number of aliphatic hydroxyl groups is 4. The summed E-state index contributed by atoms with van der Waals surface area (Å²) in [6, 6.07) is 9.91. The van der Waals surface area contributed by atoms with Gasteiger partial charge in [0.05, 0.1) is 6.61 Å². The second-order valence-corrected chi connectivity index (χ2v) is 5.51. The Morgan fingerprint density at radius 3 is 2.35 bits per heavy atom. The molecule has 0 radical (unpaired) electrons. The first-order chi connectivity index (χ1) is 11.0. The van der Waals surface area contributed by atoms with Crippen molar-refractivity contribution in [1.29, 1.82) is 0 Å². The largest absolute Gasteiger partial charge is 0.508 e. The molecule has 1 heterocycles. The lowest BCUT2D eigenvalue weighted by molar-refractivity contribution is -0.277. The first kappa shape index (κ1) is 16.0. The number of ether oxygens (including phenoxy) is 2. The van der Waals surface area contributed by atoms with Crippen LogP contribution < -0.4 is 4.74 Å². The zero-order valence-electron chi connectivity index (χ0n) is 12.1. The zero-order valence-corrected chi connectivity index (χ0v) is 12.1. The van der Waals surface area contributed by atoms with Gasteiger partial charge in [-0.15, -0.1) is 0 Å². The maximum absolute atomic E-state index is 9.96. The van der Waals surface area contributed by atoms with E-state index in [1.165, 1.54) is 0 Å². The number of phenolic OH excluding ortho intramolecular Hbond substituents is 1. The highest BCUT2D eigenvalue weighted by Crippen LogP contribution is 2.28. The number of phenols is 1. The summed E-state index contributed by atoms with van der Waals surface area (Å²) >= 11 is 0. The van der Waals surface area contributed by atoms with Crippen LogP contribution in [0.4, 0.5) is 0 Å².